The van der Waals surface area contributed by atoms with Crippen LogP contribution in [0.25, 0.3) is 16.9 Å². The maximum Gasteiger partial charge on any atom is 0.278 e. The topological polar surface area (TPSA) is 93.3 Å². The van der Waals surface area contributed by atoms with Crippen molar-refractivity contribution in [3.05, 3.63) is 77.4 Å². The second-order valence-corrected chi connectivity index (χ2v) is 10.8. The number of fused-ring (bicyclic) bond motifs is 3. The standard InChI is InChI=1S/C29H34N8O2/c1-6-14-36-27(38)23-16-30-28(33-26(23)37(36)25-9-7-8-24(32-25)29(2,3)39-5)31-19-10-12-20(13-11-19)35-17-21-15-22(18-35)34(21)4/h6-13,16,21-22H,1,14-15,17-18H2,2-5H3,(H,30,31,33). The molecule has 3 aliphatic rings. The SMILES string of the molecule is C=CCn1c(=O)c2cnc(Nc3ccc(N4CC5CC(C4)N5C)cc3)nc2n1-c1cccc(C(C)(C)OC)n1. The van der Waals surface area contributed by atoms with Crippen LogP contribution in [-0.2, 0) is 16.9 Å². The van der Waals surface area contributed by atoms with Crippen LogP contribution in [0.1, 0.15) is 26.0 Å². The number of methoxy groups -OCH3 is 1. The lowest BCUT2D eigenvalue weighted by Gasteiger charge is -2.55. The molecular weight excluding hydrogens is 492 g/mol. The fourth-order valence-electron chi connectivity index (χ4n) is 5.48. The van der Waals surface area contributed by atoms with Gasteiger partial charge in [0.15, 0.2) is 11.5 Å². The number of aromatic nitrogens is 5. The molecule has 2 unspecified atom stereocenters. The molecule has 39 heavy (non-hydrogen) atoms. The largest absolute Gasteiger partial charge is 0.373 e. The third kappa shape index (κ3) is 4.39. The molecule has 0 spiro atoms. The number of nitrogens with one attached hydrogen (secondary N) is 1. The number of nitrogens with zero attached hydrogens (tertiary/aromatic N) is 7. The highest BCUT2D eigenvalue weighted by Gasteiger charge is 2.42. The first-order valence-electron chi connectivity index (χ1n) is 13.3. The van der Waals surface area contributed by atoms with E-state index in [1.807, 2.05) is 44.2 Å². The lowest BCUT2D eigenvalue weighted by molar-refractivity contribution is 0.0154. The molecule has 3 fully saturated rings. The Morgan fingerprint density at radius 3 is 2.54 bits per heavy atom. The van der Waals surface area contributed by atoms with Crippen molar-refractivity contribution >= 4 is 28.4 Å². The van der Waals surface area contributed by atoms with Gasteiger partial charge in [0.05, 0.1) is 12.2 Å². The van der Waals surface area contributed by atoms with Gasteiger partial charge < -0.3 is 15.0 Å². The van der Waals surface area contributed by atoms with Gasteiger partial charge in [0, 0.05) is 49.9 Å². The highest BCUT2D eigenvalue weighted by atomic mass is 16.5. The molecule has 4 aromatic rings. The molecule has 3 saturated heterocycles. The highest BCUT2D eigenvalue weighted by Crippen LogP contribution is 2.33. The fourth-order valence-corrected chi connectivity index (χ4v) is 5.48. The van der Waals surface area contributed by atoms with Crippen LogP contribution >= 0.6 is 0 Å². The minimum atomic E-state index is -0.596. The van der Waals surface area contributed by atoms with Gasteiger partial charge in [0.2, 0.25) is 5.95 Å². The number of anilines is 3. The third-order valence-corrected chi connectivity index (χ3v) is 8.10. The van der Waals surface area contributed by atoms with E-state index >= 15 is 0 Å². The van der Waals surface area contributed by atoms with E-state index < -0.39 is 5.60 Å². The highest BCUT2D eigenvalue weighted by molar-refractivity contribution is 5.77. The van der Waals surface area contributed by atoms with E-state index in [0.29, 0.717) is 41.4 Å². The molecule has 6 heterocycles. The Morgan fingerprint density at radius 1 is 1.13 bits per heavy atom. The molecule has 0 saturated carbocycles. The van der Waals surface area contributed by atoms with Crippen LogP contribution in [-0.4, -0.2) is 68.5 Å². The summed E-state index contributed by atoms with van der Waals surface area (Å²) < 4.78 is 8.92. The Balaban J connectivity index is 1.33. The first-order chi connectivity index (χ1) is 18.8. The molecule has 0 radical (unpaired) electrons. The van der Waals surface area contributed by atoms with Crippen LogP contribution < -0.4 is 15.8 Å². The maximum absolute atomic E-state index is 13.3. The molecule has 10 heteroatoms. The molecule has 202 valence electrons. The summed E-state index contributed by atoms with van der Waals surface area (Å²) in [6, 6.07) is 15.3. The van der Waals surface area contributed by atoms with Crippen LogP contribution in [0.3, 0.4) is 0 Å². The minimum Gasteiger partial charge on any atom is -0.373 e. The number of hydrogen-bond donors (Lipinski definition) is 1. The van der Waals surface area contributed by atoms with Crippen molar-refractivity contribution in [2.75, 3.05) is 37.5 Å². The number of likely N-dealkylation sites (N-methyl/N-ethyl adjacent to an activating group) is 1. The fraction of sp³-hybridized carbons (Fsp3) is 0.379. The zero-order chi connectivity index (χ0) is 27.3. The van der Waals surface area contributed by atoms with Gasteiger partial charge >= 0.3 is 0 Å². The average molecular weight is 527 g/mol. The van der Waals surface area contributed by atoms with Crippen LogP contribution in [0, 0.1) is 0 Å². The molecule has 0 aliphatic carbocycles. The van der Waals surface area contributed by atoms with E-state index in [0.717, 1.165) is 24.5 Å². The molecule has 1 N–H and O–H groups in total. The predicted molar refractivity (Wildman–Crippen MR) is 153 cm³/mol. The van der Waals surface area contributed by atoms with Crippen LogP contribution in [0.15, 0.2) is 66.1 Å². The Hall–Kier alpha value is -4.02. The number of ether oxygens (including phenoxy) is 1. The van der Waals surface area contributed by atoms with Gasteiger partial charge in [-0.15, -0.1) is 6.58 Å². The van der Waals surface area contributed by atoms with E-state index in [1.165, 1.54) is 12.1 Å². The van der Waals surface area contributed by atoms with Crippen molar-refractivity contribution < 1.29 is 4.74 Å². The van der Waals surface area contributed by atoms with Gasteiger partial charge in [-0.3, -0.25) is 9.69 Å². The van der Waals surface area contributed by atoms with E-state index in [1.54, 1.807) is 28.7 Å². The molecule has 2 bridgehead atoms. The smallest absolute Gasteiger partial charge is 0.278 e. The summed E-state index contributed by atoms with van der Waals surface area (Å²) in [6.45, 7) is 10.2. The Labute approximate surface area is 227 Å². The zero-order valence-electron chi connectivity index (χ0n) is 22.8. The van der Waals surface area contributed by atoms with Gasteiger partial charge in [-0.25, -0.2) is 19.3 Å². The van der Waals surface area contributed by atoms with Crippen molar-refractivity contribution in [2.45, 2.75) is 44.5 Å². The summed E-state index contributed by atoms with van der Waals surface area (Å²) in [5.41, 5.74) is 2.50. The summed E-state index contributed by atoms with van der Waals surface area (Å²) in [5, 5.41) is 3.71. The first-order valence-corrected chi connectivity index (χ1v) is 13.3. The number of piperazine rings is 1. The lowest BCUT2D eigenvalue weighted by atomic mass is 9.88. The van der Waals surface area contributed by atoms with E-state index in [2.05, 4.69) is 45.9 Å². The van der Waals surface area contributed by atoms with Gasteiger partial charge in [-0.1, -0.05) is 12.1 Å². The Morgan fingerprint density at radius 2 is 1.87 bits per heavy atom. The van der Waals surface area contributed by atoms with Crippen molar-refractivity contribution in [1.29, 1.82) is 0 Å². The maximum atomic E-state index is 13.3. The zero-order valence-corrected chi connectivity index (χ0v) is 22.8. The molecule has 1 aromatic carbocycles. The van der Waals surface area contributed by atoms with E-state index in [-0.39, 0.29) is 5.56 Å². The Bertz CT molecular complexity index is 1580. The summed E-state index contributed by atoms with van der Waals surface area (Å²) >= 11 is 0. The summed E-state index contributed by atoms with van der Waals surface area (Å²) in [7, 11) is 3.87. The van der Waals surface area contributed by atoms with Crippen molar-refractivity contribution in [3.8, 4) is 5.82 Å². The average Bonchev–Trinajstić information content (AvgIpc) is 3.23. The number of benzene rings is 1. The van der Waals surface area contributed by atoms with Gasteiger partial charge in [0.25, 0.3) is 5.56 Å². The predicted octanol–water partition coefficient (Wildman–Crippen LogP) is 3.68. The lowest BCUT2D eigenvalue weighted by Crippen LogP contribution is -2.67. The molecular formula is C29H34N8O2. The number of pyridine rings is 1. The summed E-state index contributed by atoms with van der Waals surface area (Å²) in [6.07, 6.45) is 4.55. The van der Waals surface area contributed by atoms with E-state index in [9.17, 15) is 4.79 Å². The number of hydrogen-bond acceptors (Lipinski definition) is 8. The number of allylic oxidation sites excluding steroid dienone is 1. The summed E-state index contributed by atoms with van der Waals surface area (Å²) in [4.78, 5) is 32.3. The van der Waals surface area contributed by atoms with E-state index in [4.69, 9.17) is 14.7 Å². The van der Waals surface area contributed by atoms with Crippen LogP contribution in [0.2, 0.25) is 0 Å². The molecule has 2 atom stereocenters. The minimum absolute atomic E-state index is 0.204. The normalized spacial score (nSPS) is 19.2. The molecule has 0 amide bonds. The first kappa shape index (κ1) is 25.3. The molecule has 3 aromatic heterocycles. The van der Waals surface area contributed by atoms with Crippen molar-refractivity contribution in [3.63, 3.8) is 0 Å². The Kier molecular flexibility index (Phi) is 6.23. The molecule has 7 rings (SSSR count). The van der Waals surface area contributed by atoms with Crippen molar-refractivity contribution in [2.24, 2.45) is 0 Å². The number of rotatable bonds is 8. The third-order valence-electron chi connectivity index (χ3n) is 8.10. The quantitative estimate of drug-likeness (QED) is 0.348. The van der Waals surface area contributed by atoms with Gasteiger partial charge in [-0.05, 0) is 63.7 Å². The second-order valence-electron chi connectivity index (χ2n) is 10.8. The van der Waals surface area contributed by atoms with Crippen LogP contribution in [0.4, 0.5) is 17.3 Å². The number of piperidine rings is 1. The van der Waals surface area contributed by atoms with Crippen LogP contribution in [0.5, 0.6) is 0 Å². The summed E-state index contributed by atoms with van der Waals surface area (Å²) in [5.74, 6) is 0.958. The second kappa shape index (κ2) is 9.62. The monoisotopic (exact) mass is 526 g/mol. The molecule has 10 nitrogen and oxygen atoms in total. The van der Waals surface area contributed by atoms with Gasteiger partial charge in [-0.2, -0.15) is 4.98 Å². The molecule has 3 aliphatic heterocycles. The van der Waals surface area contributed by atoms with Crippen molar-refractivity contribution in [1.82, 2.24) is 29.2 Å². The van der Waals surface area contributed by atoms with Gasteiger partial charge in [0.1, 0.15) is 11.0 Å².